The predicted octanol–water partition coefficient (Wildman–Crippen LogP) is 2.00. The number of benzene rings is 1. The third-order valence-corrected chi connectivity index (χ3v) is 4.48. The van der Waals surface area contributed by atoms with Gasteiger partial charge in [0.25, 0.3) is 0 Å². The molecule has 1 aromatic carbocycles. The van der Waals surface area contributed by atoms with E-state index in [0.717, 1.165) is 0 Å². The van der Waals surface area contributed by atoms with Crippen LogP contribution in [0.5, 0.6) is 0 Å². The van der Waals surface area contributed by atoms with Crippen molar-refractivity contribution in [3.8, 4) is 6.07 Å². The Bertz CT molecular complexity index is 692. The van der Waals surface area contributed by atoms with E-state index in [1.165, 1.54) is 19.2 Å². The molecule has 108 valence electrons. The van der Waals surface area contributed by atoms with Crippen molar-refractivity contribution < 1.29 is 13.2 Å². The molecular formula is C14H18N2O3S. The second kappa shape index (κ2) is 5.35. The zero-order chi connectivity index (χ0) is 15.7. The lowest BCUT2D eigenvalue weighted by atomic mass is 9.84. The van der Waals surface area contributed by atoms with Crippen LogP contribution in [0.15, 0.2) is 17.0 Å². The van der Waals surface area contributed by atoms with Crippen molar-refractivity contribution in [2.24, 2.45) is 5.41 Å². The predicted molar refractivity (Wildman–Crippen MR) is 75.9 cm³/mol. The van der Waals surface area contributed by atoms with E-state index in [4.69, 9.17) is 0 Å². The number of nitrogens with one attached hydrogen (secondary N) is 1. The summed E-state index contributed by atoms with van der Waals surface area (Å²) < 4.78 is 25.9. The summed E-state index contributed by atoms with van der Waals surface area (Å²) in [5.74, 6) is -0.125. The van der Waals surface area contributed by atoms with Gasteiger partial charge in [-0.05, 0) is 31.7 Å². The van der Waals surface area contributed by atoms with Crippen LogP contribution in [0.2, 0.25) is 0 Å². The van der Waals surface area contributed by atoms with Gasteiger partial charge in [0.2, 0.25) is 10.0 Å². The average molecular weight is 294 g/mol. The lowest BCUT2D eigenvalue weighted by Gasteiger charge is -2.19. The molecule has 0 spiro atoms. The van der Waals surface area contributed by atoms with E-state index in [1.807, 2.05) is 6.07 Å². The number of carbonyl (C=O) groups excluding carboxylic acids is 1. The van der Waals surface area contributed by atoms with Crippen LogP contribution in [0.1, 0.15) is 42.3 Å². The number of ketones is 1. The standard InChI is InChI=1S/C14H18N2O3S/c1-9-10(13(17)14(2,3)4)6-7-12(11(9)8-15)20(18,19)16-5/h6-7,16H,1-5H3. The molecule has 0 aliphatic rings. The fourth-order valence-electron chi connectivity index (χ4n) is 1.81. The Kier molecular flexibility index (Phi) is 4.37. The lowest BCUT2D eigenvalue weighted by molar-refractivity contribution is 0.0857. The average Bonchev–Trinajstić information content (AvgIpc) is 2.36. The number of nitrogens with zero attached hydrogens (tertiary/aromatic N) is 1. The lowest BCUT2D eigenvalue weighted by Crippen LogP contribution is -2.23. The van der Waals surface area contributed by atoms with Crippen LogP contribution < -0.4 is 4.72 Å². The monoisotopic (exact) mass is 294 g/mol. The maximum atomic E-state index is 12.3. The van der Waals surface area contributed by atoms with E-state index in [-0.39, 0.29) is 16.2 Å². The summed E-state index contributed by atoms with van der Waals surface area (Å²) in [5.41, 5.74) is 0.184. The Balaban J connectivity index is 3.62. The highest BCUT2D eigenvalue weighted by Crippen LogP contribution is 2.27. The molecule has 0 saturated carbocycles. The molecular weight excluding hydrogens is 276 g/mol. The smallest absolute Gasteiger partial charge is 0.241 e. The molecule has 20 heavy (non-hydrogen) atoms. The van der Waals surface area contributed by atoms with Gasteiger partial charge >= 0.3 is 0 Å². The third-order valence-electron chi connectivity index (χ3n) is 3.02. The van der Waals surface area contributed by atoms with Gasteiger partial charge in [0, 0.05) is 11.0 Å². The summed E-state index contributed by atoms with van der Waals surface area (Å²) >= 11 is 0. The quantitative estimate of drug-likeness (QED) is 0.864. The molecule has 0 heterocycles. The fraction of sp³-hybridized carbons (Fsp3) is 0.429. The molecule has 0 unspecified atom stereocenters. The van der Waals surface area contributed by atoms with E-state index in [0.29, 0.717) is 11.1 Å². The van der Waals surface area contributed by atoms with Gasteiger partial charge in [-0.1, -0.05) is 20.8 Å². The van der Waals surface area contributed by atoms with Gasteiger partial charge in [-0.2, -0.15) is 5.26 Å². The highest BCUT2D eigenvalue weighted by Gasteiger charge is 2.27. The Hall–Kier alpha value is -1.71. The molecule has 0 aromatic heterocycles. The van der Waals surface area contributed by atoms with Gasteiger partial charge in [-0.25, -0.2) is 13.1 Å². The van der Waals surface area contributed by atoms with E-state index in [9.17, 15) is 18.5 Å². The molecule has 0 aliphatic heterocycles. The van der Waals surface area contributed by atoms with Crippen LogP contribution >= 0.6 is 0 Å². The summed E-state index contributed by atoms with van der Waals surface area (Å²) in [7, 11) is -2.45. The van der Waals surface area contributed by atoms with Crippen molar-refractivity contribution in [2.75, 3.05) is 7.05 Å². The molecule has 6 heteroatoms. The highest BCUT2D eigenvalue weighted by molar-refractivity contribution is 7.89. The maximum absolute atomic E-state index is 12.3. The van der Waals surface area contributed by atoms with Crippen molar-refractivity contribution in [1.29, 1.82) is 5.26 Å². The third kappa shape index (κ3) is 2.89. The minimum Gasteiger partial charge on any atom is -0.294 e. The molecule has 0 fully saturated rings. The van der Waals surface area contributed by atoms with Crippen LogP contribution in [0.25, 0.3) is 0 Å². The van der Waals surface area contributed by atoms with E-state index in [1.54, 1.807) is 27.7 Å². The van der Waals surface area contributed by atoms with Crippen LogP contribution in [0.4, 0.5) is 0 Å². The van der Waals surface area contributed by atoms with Crippen LogP contribution in [-0.2, 0) is 10.0 Å². The molecule has 1 rings (SSSR count). The Labute approximate surface area is 119 Å². The summed E-state index contributed by atoms with van der Waals surface area (Å²) in [6.07, 6.45) is 0. The van der Waals surface area contributed by atoms with E-state index in [2.05, 4.69) is 4.72 Å². The number of nitriles is 1. The minimum atomic E-state index is -3.73. The second-order valence-electron chi connectivity index (χ2n) is 5.51. The first-order chi connectivity index (χ1) is 9.06. The first-order valence-electron chi connectivity index (χ1n) is 6.08. The van der Waals surface area contributed by atoms with Gasteiger partial charge in [-0.3, -0.25) is 4.79 Å². The van der Waals surface area contributed by atoms with E-state index < -0.39 is 15.4 Å². The summed E-state index contributed by atoms with van der Waals surface area (Å²) in [6.45, 7) is 6.92. The van der Waals surface area contributed by atoms with Crippen LogP contribution in [-0.4, -0.2) is 21.2 Å². The minimum absolute atomic E-state index is 0.00875. The van der Waals surface area contributed by atoms with Gasteiger partial charge in [0.05, 0.1) is 5.56 Å². The van der Waals surface area contributed by atoms with Crippen LogP contribution in [0.3, 0.4) is 0 Å². The Morgan fingerprint density at radius 3 is 2.25 bits per heavy atom. The molecule has 1 N–H and O–H groups in total. The maximum Gasteiger partial charge on any atom is 0.241 e. The zero-order valence-electron chi connectivity index (χ0n) is 12.2. The molecule has 0 aliphatic carbocycles. The molecule has 0 radical (unpaired) electrons. The van der Waals surface area contributed by atoms with Crippen molar-refractivity contribution >= 4 is 15.8 Å². The molecule has 0 amide bonds. The summed E-state index contributed by atoms with van der Waals surface area (Å²) in [4.78, 5) is 12.2. The van der Waals surface area contributed by atoms with E-state index >= 15 is 0 Å². The summed E-state index contributed by atoms with van der Waals surface area (Å²) in [5, 5.41) is 9.21. The first kappa shape index (κ1) is 16.3. The SMILES string of the molecule is CNS(=O)(=O)c1ccc(C(=O)C(C)(C)C)c(C)c1C#N. The molecule has 0 saturated heterocycles. The first-order valence-corrected chi connectivity index (χ1v) is 7.56. The Morgan fingerprint density at radius 1 is 1.30 bits per heavy atom. The Morgan fingerprint density at radius 2 is 1.85 bits per heavy atom. The fourth-order valence-corrected chi connectivity index (χ4v) is 2.74. The number of hydrogen-bond donors (Lipinski definition) is 1. The van der Waals surface area contributed by atoms with Gasteiger partial charge in [0.1, 0.15) is 11.0 Å². The second-order valence-corrected chi connectivity index (χ2v) is 7.36. The van der Waals surface area contributed by atoms with Crippen molar-refractivity contribution in [2.45, 2.75) is 32.6 Å². The van der Waals surface area contributed by atoms with Gasteiger partial charge < -0.3 is 0 Å². The van der Waals surface area contributed by atoms with Crippen molar-refractivity contribution in [1.82, 2.24) is 4.72 Å². The topological polar surface area (TPSA) is 87.0 Å². The number of rotatable bonds is 3. The van der Waals surface area contributed by atoms with Gasteiger partial charge in [0.15, 0.2) is 5.78 Å². The molecule has 0 bridgehead atoms. The molecule has 5 nitrogen and oxygen atoms in total. The number of hydrogen-bond acceptors (Lipinski definition) is 4. The molecule has 1 aromatic rings. The highest BCUT2D eigenvalue weighted by atomic mass is 32.2. The largest absolute Gasteiger partial charge is 0.294 e. The number of sulfonamides is 1. The zero-order valence-corrected chi connectivity index (χ0v) is 13.1. The van der Waals surface area contributed by atoms with Crippen LogP contribution in [0, 0.1) is 23.7 Å². The number of Topliss-reactive ketones (excluding diaryl/α,β-unsaturated/α-hetero) is 1. The number of carbonyl (C=O) groups is 1. The van der Waals surface area contributed by atoms with Gasteiger partial charge in [-0.15, -0.1) is 0 Å². The van der Waals surface area contributed by atoms with Crippen molar-refractivity contribution in [3.05, 3.63) is 28.8 Å². The summed E-state index contributed by atoms with van der Waals surface area (Å²) in [6, 6.07) is 4.65. The molecule has 0 atom stereocenters. The van der Waals surface area contributed by atoms with Crippen molar-refractivity contribution in [3.63, 3.8) is 0 Å². The normalized spacial score (nSPS) is 12.0.